The normalized spacial score (nSPS) is 11.2. The number of aromatic nitrogens is 3. The minimum atomic E-state index is -1.19. The molecule has 0 fully saturated rings. The first-order valence-corrected chi connectivity index (χ1v) is 7.20. The van der Waals surface area contributed by atoms with Crippen molar-refractivity contribution in [2.75, 3.05) is 11.9 Å². The van der Waals surface area contributed by atoms with Crippen LogP contribution in [0.3, 0.4) is 0 Å². The standard InChI is InChI=1S/C15H12ClF3N4/c1-8-4-9-14(19)10(17)5-11(18)15(9)23(8)3-2-20-13-6-12(16)21-7-22-13/h4-7H,2-3H2,1H3,(H,20,21,22). The number of rotatable bonds is 4. The van der Waals surface area contributed by atoms with Gasteiger partial charge in [-0.25, -0.2) is 23.1 Å². The monoisotopic (exact) mass is 340 g/mol. The van der Waals surface area contributed by atoms with Crippen molar-refractivity contribution in [3.63, 3.8) is 0 Å². The number of nitrogens with zero attached hydrogens (tertiary/aromatic N) is 3. The number of anilines is 1. The largest absolute Gasteiger partial charge is 0.368 e. The maximum atomic E-state index is 14.0. The third kappa shape index (κ3) is 2.96. The van der Waals surface area contributed by atoms with Crippen molar-refractivity contribution >= 4 is 28.3 Å². The van der Waals surface area contributed by atoms with E-state index in [1.165, 1.54) is 12.4 Å². The molecular weight excluding hydrogens is 329 g/mol. The van der Waals surface area contributed by atoms with Crippen LogP contribution in [0, 0.1) is 24.4 Å². The van der Waals surface area contributed by atoms with E-state index in [2.05, 4.69) is 15.3 Å². The van der Waals surface area contributed by atoms with Crippen LogP contribution >= 0.6 is 11.6 Å². The van der Waals surface area contributed by atoms with E-state index in [0.29, 0.717) is 35.8 Å². The Bertz CT molecular complexity index is 879. The van der Waals surface area contributed by atoms with Crippen LogP contribution in [0.4, 0.5) is 19.0 Å². The molecule has 2 aromatic heterocycles. The molecule has 0 saturated carbocycles. The third-order valence-electron chi connectivity index (χ3n) is 3.51. The van der Waals surface area contributed by atoms with Gasteiger partial charge in [0.05, 0.1) is 5.52 Å². The fourth-order valence-electron chi connectivity index (χ4n) is 2.49. The maximum absolute atomic E-state index is 14.0. The molecule has 0 aliphatic carbocycles. The van der Waals surface area contributed by atoms with Crippen LogP contribution in [0.5, 0.6) is 0 Å². The molecule has 0 amide bonds. The fraction of sp³-hybridized carbons (Fsp3) is 0.200. The van der Waals surface area contributed by atoms with Crippen molar-refractivity contribution in [3.05, 3.63) is 52.8 Å². The summed E-state index contributed by atoms with van der Waals surface area (Å²) in [5.41, 5.74) is 0.676. The number of fused-ring (bicyclic) bond motifs is 1. The highest BCUT2D eigenvalue weighted by Gasteiger charge is 2.17. The summed E-state index contributed by atoms with van der Waals surface area (Å²) in [6.45, 7) is 2.45. The van der Waals surface area contributed by atoms with Crippen molar-refractivity contribution in [1.82, 2.24) is 14.5 Å². The van der Waals surface area contributed by atoms with E-state index in [0.717, 1.165) is 0 Å². The molecule has 0 aliphatic rings. The Morgan fingerprint density at radius 1 is 1.13 bits per heavy atom. The summed E-state index contributed by atoms with van der Waals surface area (Å²) in [7, 11) is 0. The average Bonchev–Trinajstić information content (AvgIpc) is 2.83. The molecule has 4 nitrogen and oxygen atoms in total. The molecule has 2 heterocycles. The van der Waals surface area contributed by atoms with Gasteiger partial charge in [0.2, 0.25) is 0 Å². The van der Waals surface area contributed by atoms with E-state index in [-0.39, 0.29) is 10.9 Å². The maximum Gasteiger partial charge on any atom is 0.168 e. The summed E-state index contributed by atoms with van der Waals surface area (Å²) < 4.78 is 42.7. The Labute approximate surface area is 134 Å². The second-order valence-electron chi connectivity index (χ2n) is 5.01. The molecule has 1 N–H and O–H groups in total. The molecule has 8 heteroatoms. The van der Waals surface area contributed by atoms with Gasteiger partial charge in [-0.15, -0.1) is 0 Å². The Balaban J connectivity index is 1.86. The van der Waals surface area contributed by atoms with Crippen LogP contribution in [0.15, 0.2) is 24.5 Å². The van der Waals surface area contributed by atoms with Crippen molar-refractivity contribution < 1.29 is 13.2 Å². The summed E-state index contributed by atoms with van der Waals surface area (Å²) in [6.07, 6.45) is 1.32. The molecule has 0 bridgehead atoms. The minimum absolute atomic E-state index is 0.0453. The Morgan fingerprint density at radius 2 is 1.91 bits per heavy atom. The second kappa shape index (κ2) is 6.08. The topological polar surface area (TPSA) is 42.7 Å². The molecule has 0 spiro atoms. The van der Waals surface area contributed by atoms with E-state index in [4.69, 9.17) is 11.6 Å². The first-order chi connectivity index (χ1) is 11.0. The first-order valence-electron chi connectivity index (χ1n) is 6.82. The van der Waals surface area contributed by atoms with Crippen LogP contribution in [0.1, 0.15) is 5.69 Å². The predicted molar refractivity (Wildman–Crippen MR) is 82.1 cm³/mol. The summed E-state index contributed by atoms with van der Waals surface area (Å²) in [6, 6.07) is 3.54. The smallest absolute Gasteiger partial charge is 0.168 e. The number of nitrogens with one attached hydrogen (secondary N) is 1. The quantitative estimate of drug-likeness (QED) is 0.578. The highest BCUT2D eigenvalue weighted by Crippen LogP contribution is 2.27. The average molecular weight is 341 g/mol. The number of benzene rings is 1. The van der Waals surface area contributed by atoms with Gasteiger partial charge in [0, 0.05) is 36.3 Å². The van der Waals surface area contributed by atoms with Gasteiger partial charge in [-0.05, 0) is 13.0 Å². The van der Waals surface area contributed by atoms with Crippen LogP contribution in [0.2, 0.25) is 5.15 Å². The molecule has 1 aromatic carbocycles. The van der Waals surface area contributed by atoms with Crippen LogP contribution in [0.25, 0.3) is 10.9 Å². The van der Waals surface area contributed by atoms with Crippen LogP contribution < -0.4 is 5.32 Å². The van der Waals surface area contributed by atoms with Gasteiger partial charge in [-0.2, -0.15) is 0 Å². The predicted octanol–water partition coefficient (Wildman–Crippen LogP) is 3.92. The SMILES string of the molecule is Cc1cc2c(F)c(F)cc(F)c2n1CCNc1cc(Cl)ncn1. The molecule has 0 unspecified atom stereocenters. The summed E-state index contributed by atoms with van der Waals surface area (Å²) >= 11 is 5.76. The molecule has 0 atom stereocenters. The third-order valence-corrected chi connectivity index (χ3v) is 3.71. The molecular formula is C15H12ClF3N4. The molecule has 120 valence electrons. The zero-order chi connectivity index (χ0) is 16.6. The fourth-order valence-corrected chi connectivity index (χ4v) is 2.63. The van der Waals surface area contributed by atoms with E-state index in [1.807, 2.05) is 0 Å². The van der Waals surface area contributed by atoms with E-state index in [1.54, 1.807) is 17.6 Å². The Hall–Kier alpha value is -2.28. The lowest BCUT2D eigenvalue weighted by atomic mass is 10.2. The number of aryl methyl sites for hydroxylation is 1. The highest BCUT2D eigenvalue weighted by atomic mass is 35.5. The van der Waals surface area contributed by atoms with Crippen molar-refractivity contribution in [2.24, 2.45) is 0 Å². The zero-order valence-electron chi connectivity index (χ0n) is 12.1. The van der Waals surface area contributed by atoms with Crippen molar-refractivity contribution in [1.29, 1.82) is 0 Å². The van der Waals surface area contributed by atoms with Gasteiger partial charge < -0.3 is 9.88 Å². The lowest BCUT2D eigenvalue weighted by molar-refractivity contribution is 0.504. The van der Waals surface area contributed by atoms with Crippen molar-refractivity contribution in [2.45, 2.75) is 13.5 Å². The zero-order valence-corrected chi connectivity index (χ0v) is 12.8. The Kier molecular flexibility index (Phi) is 4.12. The molecule has 23 heavy (non-hydrogen) atoms. The molecule has 0 aliphatic heterocycles. The van der Waals surface area contributed by atoms with E-state index >= 15 is 0 Å². The number of hydrogen-bond acceptors (Lipinski definition) is 3. The number of halogens is 4. The summed E-state index contributed by atoms with van der Waals surface area (Å²) in [5.74, 6) is -2.51. The Morgan fingerprint density at radius 3 is 2.65 bits per heavy atom. The highest BCUT2D eigenvalue weighted by molar-refractivity contribution is 6.29. The molecule has 0 saturated heterocycles. The van der Waals surface area contributed by atoms with Crippen LogP contribution in [-0.2, 0) is 6.54 Å². The van der Waals surface area contributed by atoms with Gasteiger partial charge in [0.15, 0.2) is 17.5 Å². The molecule has 3 rings (SSSR count). The van der Waals surface area contributed by atoms with E-state index < -0.39 is 17.5 Å². The van der Waals surface area contributed by atoms with Crippen molar-refractivity contribution in [3.8, 4) is 0 Å². The summed E-state index contributed by atoms with van der Waals surface area (Å²) in [5, 5.41) is 3.25. The van der Waals surface area contributed by atoms with Gasteiger partial charge in [-0.1, -0.05) is 11.6 Å². The van der Waals surface area contributed by atoms with Gasteiger partial charge in [-0.3, -0.25) is 0 Å². The lowest BCUT2D eigenvalue weighted by Crippen LogP contribution is -2.13. The minimum Gasteiger partial charge on any atom is -0.368 e. The van der Waals surface area contributed by atoms with Crippen LogP contribution in [-0.4, -0.2) is 21.1 Å². The second-order valence-corrected chi connectivity index (χ2v) is 5.39. The molecule has 0 radical (unpaired) electrons. The summed E-state index contributed by atoms with van der Waals surface area (Å²) in [4.78, 5) is 7.75. The van der Waals surface area contributed by atoms with Gasteiger partial charge in [0.25, 0.3) is 0 Å². The molecule has 3 aromatic rings. The lowest BCUT2D eigenvalue weighted by Gasteiger charge is -2.10. The first kappa shape index (κ1) is 15.6. The van der Waals surface area contributed by atoms with Gasteiger partial charge >= 0.3 is 0 Å². The number of hydrogen-bond donors (Lipinski definition) is 1. The van der Waals surface area contributed by atoms with E-state index in [9.17, 15) is 13.2 Å². The van der Waals surface area contributed by atoms with Gasteiger partial charge in [0.1, 0.15) is 17.3 Å².